The van der Waals surface area contributed by atoms with Gasteiger partial charge < -0.3 is 5.11 Å². The molecule has 0 aliphatic rings. The van der Waals surface area contributed by atoms with Crippen LogP contribution in [0.2, 0.25) is 0 Å². The van der Waals surface area contributed by atoms with Gasteiger partial charge >= 0.3 is 0 Å². The monoisotopic (exact) mass is 373 g/mol. The normalized spacial score (nSPS) is 13.1. The number of benzene rings is 2. The summed E-state index contributed by atoms with van der Waals surface area (Å²) in [6, 6.07) is 11.4. The lowest BCUT2D eigenvalue weighted by molar-refractivity contribution is 0.258. The van der Waals surface area contributed by atoms with Gasteiger partial charge in [-0.1, -0.05) is 46.3 Å². The van der Waals surface area contributed by atoms with Crippen LogP contribution in [-0.4, -0.2) is 20.1 Å². The summed E-state index contributed by atoms with van der Waals surface area (Å²) < 4.78 is 41.0. The molecule has 2 aromatic carbocycles. The molecule has 2 aromatic rings. The third-order valence-corrected chi connectivity index (χ3v) is 4.86. The molecule has 2 rings (SSSR count). The lowest BCUT2D eigenvalue weighted by Gasteiger charge is -2.17. The standard InChI is InChI=1S/C14H13BrFNO3S/c15-11-6-7-14(12(16)8-11)21(19,20)17-13(9-18)10-4-2-1-3-5-10/h1-8,13,17-18H,9H2/t13-/m1/s1. The minimum atomic E-state index is -4.07. The molecule has 0 saturated heterocycles. The van der Waals surface area contributed by atoms with Gasteiger partial charge in [-0.15, -0.1) is 0 Å². The highest BCUT2D eigenvalue weighted by molar-refractivity contribution is 9.10. The van der Waals surface area contributed by atoms with Crippen LogP contribution in [0.25, 0.3) is 0 Å². The van der Waals surface area contributed by atoms with E-state index in [1.807, 2.05) is 0 Å². The first kappa shape index (κ1) is 16.1. The van der Waals surface area contributed by atoms with Gasteiger partial charge in [0.15, 0.2) is 0 Å². The van der Waals surface area contributed by atoms with Crippen LogP contribution in [0.1, 0.15) is 11.6 Å². The number of nitrogens with one attached hydrogen (secondary N) is 1. The Kier molecular flexibility index (Phi) is 5.10. The van der Waals surface area contributed by atoms with E-state index >= 15 is 0 Å². The molecule has 0 heterocycles. The molecule has 0 aliphatic heterocycles. The van der Waals surface area contributed by atoms with Crippen molar-refractivity contribution in [3.63, 3.8) is 0 Å². The number of aliphatic hydroxyl groups is 1. The van der Waals surface area contributed by atoms with Gasteiger partial charge in [-0.25, -0.2) is 17.5 Å². The van der Waals surface area contributed by atoms with Crippen LogP contribution in [0.15, 0.2) is 57.9 Å². The molecule has 0 fully saturated rings. The van der Waals surface area contributed by atoms with E-state index in [-0.39, 0.29) is 0 Å². The Morgan fingerprint density at radius 1 is 1.19 bits per heavy atom. The maximum atomic E-state index is 13.8. The summed E-state index contributed by atoms with van der Waals surface area (Å²) >= 11 is 3.07. The average Bonchev–Trinajstić information content (AvgIpc) is 2.45. The molecule has 0 unspecified atom stereocenters. The summed E-state index contributed by atoms with van der Waals surface area (Å²) in [4.78, 5) is -0.458. The fraction of sp³-hybridized carbons (Fsp3) is 0.143. The van der Waals surface area contributed by atoms with Crippen LogP contribution in [-0.2, 0) is 10.0 Å². The quantitative estimate of drug-likeness (QED) is 0.846. The van der Waals surface area contributed by atoms with Gasteiger partial charge in [-0.05, 0) is 23.8 Å². The minimum absolute atomic E-state index is 0.429. The van der Waals surface area contributed by atoms with Gasteiger partial charge in [0.1, 0.15) is 10.7 Å². The molecule has 0 aliphatic carbocycles. The van der Waals surface area contributed by atoms with E-state index in [4.69, 9.17) is 0 Å². The van der Waals surface area contributed by atoms with E-state index in [9.17, 15) is 17.9 Å². The molecule has 0 radical (unpaired) electrons. The van der Waals surface area contributed by atoms with Crippen LogP contribution in [0, 0.1) is 5.82 Å². The molecule has 7 heteroatoms. The first-order valence-corrected chi connectivity index (χ1v) is 8.35. The summed E-state index contributed by atoms with van der Waals surface area (Å²) in [5.41, 5.74) is 0.598. The zero-order chi connectivity index (χ0) is 15.5. The molecule has 0 spiro atoms. The van der Waals surface area contributed by atoms with Crippen molar-refractivity contribution in [1.82, 2.24) is 4.72 Å². The smallest absolute Gasteiger partial charge is 0.244 e. The van der Waals surface area contributed by atoms with Gasteiger partial charge in [-0.3, -0.25) is 0 Å². The largest absolute Gasteiger partial charge is 0.394 e. The zero-order valence-electron chi connectivity index (χ0n) is 10.8. The van der Waals surface area contributed by atoms with E-state index in [0.29, 0.717) is 10.0 Å². The van der Waals surface area contributed by atoms with Crippen molar-refractivity contribution < 1.29 is 17.9 Å². The van der Waals surface area contributed by atoms with Crippen LogP contribution in [0.4, 0.5) is 4.39 Å². The molecule has 1 atom stereocenters. The van der Waals surface area contributed by atoms with E-state index < -0.39 is 33.4 Å². The minimum Gasteiger partial charge on any atom is -0.394 e. The number of hydrogen-bond acceptors (Lipinski definition) is 3. The van der Waals surface area contributed by atoms with Gasteiger partial charge in [0.25, 0.3) is 0 Å². The van der Waals surface area contributed by atoms with Crippen molar-refractivity contribution in [1.29, 1.82) is 0 Å². The Hall–Kier alpha value is -1.28. The van der Waals surface area contributed by atoms with Gasteiger partial charge in [0.2, 0.25) is 10.0 Å². The zero-order valence-corrected chi connectivity index (χ0v) is 13.2. The maximum Gasteiger partial charge on any atom is 0.244 e. The Morgan fingerprint density at radius 3 is 2.43 bits per heavy atom. The summed E-state index contributed by atoms with van der Waals surface area (Å²) in [5, 5.41) is 9.37. The van der Waals surface area contributed by atoms with E-state index in [1.165, 1.54) is 12.1 Å². The molecule has 4 nitrogen and oxygen atoms in total. The number of halogens is 2. The highest BCUT2D eigenvalue weighted by Crippen LogP contribution is 2.22. The Labute approximate surface area is 130 Å². The second-order valence-corrected chi connectivity index (χ2v) is 6.94. The van der Waals surface area contributed by atoms with E-state index in [1.54, 1.807) is 30.3 Å². The Morgan fingerprint density at radius 2 is 1.86 bits per heavy atom. The topological polar surface area (TPSA) is 66.4 Å². The first-order chi connectivity index (χ1) is 9.94. The van der Waals surface area contributed by atoms with Crippen LogP contribution >= 0.6 is 15.9 Å². The number of sulfonamides is 1. The molecule has 0 amide bonds. The summed E-state index contributed by atoms with van der Waals surface area (Å²) in [5.74, 6) is -0.860. The Bertz CT molecular complexity index is 722. The number of aliphatic hydroxyl groups excluding tert-OH is 1. The fourth-order valence-electron chi connectivity index (χ4n) is 1.84. The van der Waals surface area contributed by atoms with Gasteiger partial charge in [-0.2, -0.15) is 0 Å². The summed E-state index contributed by atoms with van der Waals surface area (Å²) in [6.45, 7) is -0.429. The van der Waals surface area contributed by atoms with Gasteiger partial charge in [0.05, 0.1) is 12.6 Å². The summed E-state index contributed by atoms with van der Waals surface area (Å²) in [6.07, 6.45) is 0. The molecule has 21 heavy (non-hydrogen) atoms. The van der Waals surface area contributed by atoms with Crippen molar-refractivity contribution in [2.24, 2.45) is 0 Å². The van der Waals surface area contributed by atoms with Crippen molar-refractivity contribution in [3.05, 3.63) is 64.4 Å². The fourth-order valence-corrected chi connectivity index (χ4v) is 3.45. The lowest BCUT2D eigenvalue weighted by atomic mass is 10.1. The first-order valence-electron chi connectivity index (χ1n) is 6.07. The molecule has 112 valence electrons. The second kappa shape index (κ2) is 6.65. The third-order valence-electron chi connectivity index (χ3n) is 2.87. The predicted octanol–water partition coefficient (Wildman–Crippen LogP) is 2.60. The number of hydrogen-bond donors (Lipinski definition) is 2. The maximum absolute atomic E-state index is 13.8. The number of rotatable bonds is 5. The molecular weight excluding hydrogens is 361 g/mol. The molecule has 0 bridgehead atoms. The van der Waals surface area contributed by atoms with Gasteiger partial charge in [0, 0.05) is 4.47 Å². The highest BCUT2D eigenvalue weighted by Gasteiger charge is 2.23. The molecule has 0 saturated carbocycles. The van der Waals surface area contributed by atoms with Crippen LogP contribution in [0.5, 0.6) is 0 Å². The van der Waals surface area contributed by atoms with Crippen molar-refractivity contribution >= 4 is 26.0 Å². The van der Waals surface area contributed by atoms with Crippen molar-refractivity contribution in [2.75, 3.05) is 6.61 Å². The third kappa shape index (κ3) is 3.88. The summed E-state index contributed by atoms with van der Waals surface area (Å²) in [7, 11) is -4.07. The predicted molar refractivity (Wildman–Crippen MR) is 80.7 cm³/mol. The SMILES string of the molecule is O=S(=O)(N[C@H](CO)c1ccccc1)c1ccc(Br)cc1F. The van der Waals surface area contributed by atoms with Crippen molar-refractivity contribution in [2.45, 2.75) is 10.9 Å². The van der Waals surface area contributed by atoms with Crippen LogP contribution < -0.4 is 4.72 Å². The highest BCUT2D eigenvalue weighted by atomic mass is 79.9. The molecular formula is C14H13BrFNO3S. The van der Waals surface area contributed by atoms with E-state index in [0.717, 1.165) is 6.07 Å². The second-order valence-electron chi connectivity index (χ2n) is 4.34. The Balaban J connectivity index is 2.32. The molecule has 0 aromatic heterocycles. The van der Waals surface area contributed by atoms with Crippen molar-refractivity contribution in [3.8, 4) is 0 Å². The average molecular weight is 374 g/mol. The van der Waals surface area contributed by atoms with Crippen LogP contribution in [0.3, 0.4) is 0 Å². The van der Waals surface area contributed by atoms with E-state index in [2.05, 4.69) is 20.7 Å². The lowest BCUT2D eigenvalue weighted by Crippen LogP contribution is -2.31. The molecule has 2 N–H and O–H groups in total.